The number of thiophene rings is 1. The molecule has 4 heteroatoms. The standard InChI is InChI=1S/C54H33N3S/c1-4-14-34(15-5-1)37-24-28-48-44(30-37)45-31-38(35-16-6-2-7-17-35)25-29-49(45)57(48)40-26-27-43-50(33-40)58-53-46(32-39-20-10-11-21-41(39)51(43)53)54-55-47-23-13-12-22-42(47)52(56-54)36-18-8-3-9-19-36/h1-33H. The van der Waals surface area contributed by atoms with Gasteiger partial charge in [-0.2, -0.15) is 0 Å². The van der Waals surface area contributed by atoms with Crippen molar-refractivity contribution in [3.63, 3.8) is 0 Å². The molecule has 0 saturated heterocycles. The summed E-state index contributed by atoms with van der Waals surface area (Å²) in [4.78, 5) is 10.6. The highest BCUT2D eigenvalue weighted by atomic mass is 32.1. The first-order valence-electron chi connectivity index (χ1n) is 19.7. The molecule has 0 aliphatic carbocycles. The number of hydrogen-bond donors (Lipinski definition) is 0. The summed E-state index contributed by atoms with van der Waals surface area (Å²) in [5.74, 6) is 0.742. The minimum Gasteiger partial charge on any atom is -0.309 e. The summed E-state index contributed by atoms with van der Waals surface area (Å²) < 4.78 is 4.86. The van der Waals surface area contributed by atoms with Crippen molar-refractivity contribution in [1.29, 1.82) is 0 Å². The summed E-state index contributed by atoms with van der Waals surface area (Å²) in [7, 11) is 0. The van der Waals surface area contributed by atoms with E-state index in [1.165, 1.54) is 75.0 Å². The van der Waals surface area contributed by atoms with Crippen LogP contribution in [0.15, 0.2) is 200 Å². The molecule has 12 aromatic rings. The van der Waals surface area contributed by atoms with E-state index in [0.29, 0.717) is 0 Å². The van der Waals surface area contributed by atoms with Crippen LogP contribution in [0.25, 0.3) is 114 Å². The van der Waals surface area contributed by atoms with Gasteiger partial charge >= 0.3 is 0 Å². The number of aromatic nitrogens is 3. The molecule has 0 radical (unpaired) electrons. The molecule has 0 bridgehead atoms. The Morgan fingerprint density at radius 3 is 1.66 bits per heavy atom. The molecule has 9 aromatic carbocycles. The Kier molecular flexibility index (Phi) is 7.40. The molecule has 12 rings (SSSR count). The van der Waals surface area contributed by atoms with Crippen molar-refractivity contribution >= 4 is 75.0 Å². The van der Waals surface area contributed by atoms with Crippen molar-refractivity contribution in [2.24, 2.45) is 0 Å². The summed E-state index contributed by atoms with van der Waals surface area (Å²) in [5.41, 5.74) is 12.4. The maximum absolute atomic E-state index is 5.34. The van der Waals surface area contributed by atoms with E-state index in [4.69, 9.17) is 9.97 Å². The largest absolute Gasteiger partial charge is 0.309 e. The number of benzene rings is 9. The molecule has 58 heavy (non-hydrogen) atoms. The van der Waals surface area contributed by atoms with Gasteiger partial charge in [0.15, 0.2) is 5.82 Å². The fraction of sp³-hybridized carbons (Fsp3) is 0. The Bertz CT molecular complexity index is 3450. The molecule has 0 atom stereocenters. The molecular formula is C54H33N3S. The normalized spacial score (nSPS) is 11.8. The van der Waals surface area contributed by atoms with Gasteiger partial charge in [0, 0.05) is 53.1 Å². The van der Waals surface area contributed by atoms with Crippen LogP contribution in [-0.2, 0) is 0 Å². The van der Waals surface area contributed by atoms with Gasteiger partial charge in [-0.05, 0) is 81.6 Å². The highest BCUT2D eigenvalue weighted by Gasteiger charge is 2.20. The summed E-state index contributed by atoms with van der Waals surface area (Å²) in [6.07, 6.45) is 0. The minimum atomic E-state index is 0.742. The Labute approximate surface area is 338 Å². The first-order valence-corrected chi connectivity index (χ1v) is 20.5. The highest BCUT2D eigenvalue weighted by molar-refractivity contribution is 7.26. The second-order valence-electron chi connectivity index (χ2n) is 14.9. The van der Waals surface area contributed by atoms with Gasteiger partial charge in [0.25, 0.3) is 0 Å². The molecule has 270 valence electrons. The van der Waals surface area contributed by atoms with E-state index < -0.39 is 0 Å². The van der Waals surface area contributed by atoms with E-state index >= 15 is 0 Å². The van der Waals surface area contributed by atoms with E-state index in [1.54, 1.807) is 0 Å². The smallest absolute Gasteiger partial charge is 0.161 e. The number of para-hydroxylation sites is 1. The molecule has 0 saturated carbocycles. The Morgan fingerprint density at radius 2 is 0.983 bits per heavy atom. The van der Waals surface area contributed by atoms with Crippen LogP contribution in [0.3, 0.4) is 0 Å². The van der Waals surface area contributed by atoms with Gasteiger partial charge in [-0.15, -0.1) is 11.3 Å². The number of hydrogen-bond acceptors (Lipinski definition) is 3. The first kappa shape index (κ1) is 32.8. The van der Waals surface area contributed by atoms with Gasteiger partial charge in [0.2, 0.25) is 0 Å². The van der Waals surface area contributed by atoms with Crippen molar-refractivity contribution in [2.45, 2.75) is 0 Å². The number of nitrogens with zero attached hydrogens (tertiary/aromatic N) is 3. The van der Waals surface area contributed by atoms with E-state index in [1.807, 2.05) is 11.3 Å². The van der Waals surface area contributed by atoms with Crippen molar-refractivity contribution in [3.05, 3.63) is 200 Å². The second-order valence-corrected chi connectivity index (χ2v) is 16.0. The Hall–Kier alpha value is -7.40. The molecule has 0 amide bonds. The third kappa shape index (κ3) is 5.19. The molecular weight excluding hydrogens is 723 g/mol. The minimum absolute atomic E-state index is 0.742. The van der Waals surface area contributed by atoms with Crippen LogP contribution >= 0.6 is 11.3 Å². The SMILES string of the molecule is c1ccc(-c2ccc3c(c2)c2cc(-c4ccccc4)ccc2n3-c2ccc3c(c2)sc2c(-c4nc(-c5ccccc5)c5ccccc5n4)cc4ccccc4c23)cc1. The van der Waals surface area contributed by atoms with Crippen molar-refractivity contribution < 1.29 is 0 Å². The zero-order valence-corrected chi connectivity index (χ0v) is 32.1. The van der Waals surface area contributed by atoms with Gasteiger partial charge in [0.1, 0.15) is 0 Å². The Balaban J connectivity index is 1.10. The third-order valence-corrected chi connectivity index (χ3v) is 12.8. The maximum Gasteiger partial charge on any atom is 0.161 e. The Morgan fingerprint density at radius 1 is 0.397 bits per heavy atom. The number of rotatable bonds is 5. The van der Waals surface area contributed by atoms with Gasteiger partial charge < -0.3 is 4.57 Å². The molecule has 0 aliphatic rings. The average Bonchev–Trinajstić information content (AvgIpc) is 3.84. The van der Waals surface area contributed by atoms with Gasteiger partial charge in [-0.25, -0.2) is 9.97 Å². The van der Waals surface area contributed by atoms with E-state index in [0.717, 1.165) is 39.2 Å². The van der Waals surface area contributed by atoms with Crippen LogP contribution in [0, 0.1) is 0 Å². The van der Waals surface area contributed by atoms with Crippen LogP contribution in [-0.4, -0.2) is 14.5 Å². The van der Waals surface area contributed by atoms with Crippen LogP contribution < -0.4 is 0 Å². The van der Waals surface area contributed by atoms with Crippen LogP contribution in [0.1, 0.15) is 0 Å². The summed E-state index contributed by atoms with van der Waals surface area (Å²) >= 11 is 1.83. The van der Waals surface area contributed by atoms with Crippen molar-refractivity contribution in [1.82, 2.24) is 14.5 Å². The molecule has 0 N–H and O–H groups in total. The number of fused-ring (bicyclic) bond motifs is 9. The lowest BCUT2D eigenvalue weighted by molar-refractivity contribution is 1.19. The van der Waals surface area contributed by atoms with Gasteiger partial charge in [0.05, 0.1) is 22.2 Å². The van der Waals surface area contributed by atoms with Crippen LogP contribution in [0.4, 0.5) is 0 Å². The van der Waals surface area contributed by atoms with Crippen molar-refractivity contribution in [2.75, 3.05) is 0 Å². The van der Waals surface area contributed by atoms with E-state index in [2.05, 4.69) is 205 Å². The predicted octanol–water partition coefficient (Wildman–Crippen LogP) is 14.9. The fourth-order valence-corrected chi connectivity index (χ4v) is 10.1. The van der Waals surface area contributed by atoms with Crippen LogP contribution in [0.5, 0.6) is 0 Å². The second kappa shape index (κ2) is 13.1. The molecule has 0 spiro atoms. The first-order chi connectivity index (χ1) is 28.7. The van der Waals surface area contributed by atoms with Gasteiger partial charge in [-0.3, -0.25) is 0 Å². The molecule has 3 nitrogen and oxygen atoms in total. The lowest BCUT2D eigenvalue weighted by Gasteiger charge is -2.11. The zero-order chi connectivity index (χ0) is 38.2. The molecule has 0 unspecified atom stereocenters. The maximum atomic E-state index is 5.34. The van der Waals surface area contributed by atoms with Crippen molar-refractivity contribution in [3.8, 4) is 50.6 Å². The lowest BCUT2D eigenvalue weighted by atomic mass is 9.99. The quantitative estimate of drug-likeness (QED) is 0.175. The summed E-state index contributed by atoms with van der Waals surface area (Å²) in [5, 5.41) is 8.43. The molecule has 3 aromatic heterocycles. The van der Waals surface area contributed by atoms with Gasteiger partial charge in [-0.1, -0.05) is 152 Å². The molecule has 0 aliphatic heterocycles. The van der Waals surface area contributed by atoms with E-state index in [-0.39, 0.29) is 0 Å². The van der Waals surface area contributed by atoms with E-state index in [9.17, 15) is 0 Å². The predicted molar refractivity (Wildman–Crippen MR) is 246 cm³/mol. The topological polar surface area (TPSA) is 30.7 Å². The highest BCUT2D eigenvalue weighted by Crippen LogP contribution is 2.46. The fourth-order valence-electron chi connectivity index (χ4n) is 8.85. The van der Waals surface area contributed by atoms with Crippen LogP contribution in [0.2, 0.25) is 0 Å². The average molecular weight is 756 g/mol. The molecule has 3 heterocycles. The third-order valence-electron chi connectivity index (χ3n) is 11.6. The zero-order valence-electron chi connectivity index (χ0n) is 31.3. The summed E-state index contributed by atoms with van der Waals surface area (Å²) in [6.45, 7) is 0. The monoisotopic (exact) mass is 755 g/mol. The molecule has 0 fully saturated rings. The lowest BCUT2D eigenvalue weighted by Crippen LogP contribution is -1.95. The summed E-state index contributed by atoms with van der Waals surface area (Å²) in [6, 6.07) is 72.0.